The molecule has 0 saturated carbocycles. The Morgan fingerprint density at radius 1 is 1.06 bits per heavy atom. The standard InChI is InChI=1S/C25H20N4O2S2/c1-14-7-5-11-17-21(14)26-19(27-22(17)30)13-32-25-28-23-20(16-10-6-12-18(16)33-23)24(31)29(25)15-8-3-2-4-9-15/h2-5,7-9,11H,6,10,12-13H2,1H3,(H,26,27,30). The maximum atomic E-state index is 13.7. The van der Waals surface area contributed by atoms with Gasteiger partial charge in [0.2, 0.25) is 0 Å². The van der Waals surface area contributed by atoms with Gasteiger partial charge >= 0.3 is 0 Å². The van der Waals surface area contributed by atoms with Crippen LogP contribution in [-0.2, 0) is 18.6 Å². The molecule has 3 heterocycles. The summed E-state index contributed by atoms with van der Waals surface area (Å²) in [4.78, 5) is 40.9. The Balaban J connectivity index is 1.47. The third-order valence-corrected chi connectivity index (χ3v) is 8.18. The highest BCUT2D eigenvalue weighted by Gasteiger charge is 2.24. The van der Waals surface area contributed by atoms with Gasteiger partial charge in [0, 0.05) is 4.88 Å². The van der Waals surface area contributed by atoms with Crippen LogP contribution in [0.2, 0.25) is 0 Å². The number of thiophene rings is 1. The first-order valence-electron chi connectivity index (χ1n) is 10.8. The summed E-state index contributed by atoms with van der Waals surface area (Å²) in [7, 11) is 0. The van der Waals surface area contributed by atoms with E-state index in [1.165, 1.54) is 22.2 Å². The number of fused-ring (bicyclic) bond motifs is 4. The van der Waals surface area contributed by atoms with Crippen LogP contribution in [0, 0.1) is 6.92 Å². The first-order chi connectivity index (χ1) is 16.1. The van der Waals surface area contributed by atoms with Crippen LogP contribution >= 0.6 is 23.1 Å². The van der Waals surface area contributed by atoms with Gasteiger partial charge in [0.15, 0.2) is 5.16 Å². The molecule has 0 atom stereocenters. The van der Waals surface area contributed by atoms with Gasteiger partial charge in [0.1, 0.15) is 10.7 Å². The highest BCUT2D eigenvalue weighted by atomic mass is 32.2. The minimum atomic E-state index is -0.155. The quantitative estimate of drug-likeness (QED) is 0.301. The van der Waals surface area contributed by atoms with E-state index < -0.39 is 0 Å². The van der Waals surface area contributed by atoms with Gasteiger partial charge in [-0.2, -0.15) is 0 Å². The van der Waals surface area contributed by atoms with Crippen molar-refractivity contribution in [1.82, 2.24) is 19.5 Å². The lowest BCUT2D eigenvalue weighted by Crippen LogP contribution is -2.22. The lowest BCUT2D eigenvalue weighted by molar-refractivity contribution is 0.819. The van der Waals surface area contributed by atoms with E-state index in [1.54, 1.807) is 22.0 Å². The number of hydrogen-bond donors (Lipinski definition) is 1. The number of aromatic nitrogens is 4. The predicted molar refractivity (Wildman–Crippen MR) is 134 cm³/mol. The summed E-state index contributed by atoms with van der Waals surface area (Å²) in [6.07, 6.45) is 3.05. The number of nitrogens with zero attached hydrogens (tertiary/aromatic N) is 3. The summed E-state index contributed by atoms with van der Waals surface area (Å²) in [5, 5.41) is 1.94. The number of aromatic amines is 1. The number of thioether (sulfide) groups is 1. The van der Waals surface area contributed by atoms with E-state index >= 15 is 0 Å². The Morgan fingerprint density at radius 3 is 2.76 bits per heavy atom. The molecule has 0 aliphatic heterocycles. The SMILES string of the molecule is Cc1cccc2c(=O)[nH]c(CSc3nc4sc5c(c4c(=O)n3-c3ccccc3)CCC5)nc12. The Morgan fingerprint density at radius 2 is 1.91 bits per heavy atom. The fourth-order valence-corrected chi connectivity index (χ4v) is 6.66. The second-order valence-corrected chi connectivity index (χ2v) is 10.2. The molecule has 2 aromatic carbocycles. The summed E-state index contributed by atoms with van der Waals surface area (Å²) < 4.78 is 1.70. The Labute approximate surface area is 197 Å². The fourth-order valence-electron chi connectivity index (χ4n) is 4.48. The van der Waals surface area contributed by atoms with E-state index in [0.29, 0.717) is 27.6 Å². The van der Waals surface area contributed by atoms with Crippen molar-refractivity contribution in [2.24, 2.45) is 0 Å². The molecule has 33 heavy (non-hydrogen) atoms. The molecule has 0 radical (unpaired) electrons. The molecule has 1 aliphatic carbocycles. The molecule has 0 bridgehead atoms. The van der Waals surface area contributed by atoms with Crippen LogP contribution < -0.4 is 11.1 Å². The first kappa shape index (κ1) is 20.4. The third-order valence-electron chi connectivity index (χ3n) is 6.05. The van der Waals surface area contributed by atoms with Crippen LogP contribution in [0.4, 0.5) is 0 Å². The Bertz CT molecular complexity index is 1650. The van der Waals surface area contributed by atoms with Gasteiger partial charge in [-0.25, -0.2) is 9.97 Å². The van der Waals surface area contributed by atoms with Crippen molar-refractivity contribution in [3.8, 4) is 5.69 Å². The molecule has 0 unspecified atom stereocenters. The third kappa shape index (κ3) is 3.41. The second-order valence-electron chi connectivity index (χ2n) is 8.18. The number of aryl methyl sites for hydroxylation is 3. The number of nitrogens with one attached hydrogen (secondary N) is 1. The van der Waals surface area contributed by atoms with Gasteiger partial charge in [-0.1, -0.05) is 42.1 Å². The highest BCUT2D eigenvalue weighted by molar-refractivity contribution is 7.98. The van der Waals surface area contributed by atoms with Crippen LogP contribution in [0.5, 0.6) is 0 Å². The number of para-hydroxylation sites is 2. The lowest BCUT2D eigenvalue weighted by Gasteiger charge is -2.12. The fraction of sp³-hybridized carbons (Fsp3) is 0.200. The first-order valence-corrected chi connectivity index (χ1v) is 12.6. The number of H-pyrrole nitrogens is 1. The van der Waals surface area contributed by atoms with E-state index in [1.807, 2.05) is 49.4 Å². The van der Waals surface area contributed by atoms with Gasteiger partial charge in [-0.3, -0.25) is 14.2 Å². The summed E-state index contributed by atoms with van der Waals surface area (Å²) in [6.45, 7) is 1.95. The summed E-state index contributed by atoms with van der Waals surface area (Å²) in [5.41, 5.74) is 3.44. The molecule has 0 saturated heterocycles. The maximum absolute atomic E-state index is 13.7. The maximum Gasteiger partial charge on any atom is 0.267 e. The van der Waals surface area contributed by atoms with Crippen LogP contribution in [0.25, 0.3) is 26.8 Å². The molecule has 1 N–H and O–H groups in total. The molecular formula is C25H20N4O2S2. The lowest BCUT2D eigenvalue weighted by atomic mass is 10.1. The molecule has 164 valence electrons. The monoisotopic (exact) mass is 472 g/mol. The van der Waals surface area contributed by atoms with Crippen LogP contribution in [0.15, 0.2) is 63.3 Å². The van der Waals surface area contributed by atoms with Gasteiger partial charge in [0.05, 0.1) is 27.7 Å². The summed E-state index contributed by atoms with van der Waals surface area (Å²) >= 11 is 3.05. The number of benzene rings is 2. The van der Waals surface area contributed by atoms with Crippen LogP contribution in [0.1, 0.15) is 28.2 Å². The van der Waals surface area contributed by atoms with E-state index in [0.717, 1.165) is 40.7 Å². The molecule has 1 aliphatic rings. The average molecular weight is 473 g/mol. The smallest absolute Gasteiger partial charge is 0.267 e. The van der Waals surface area contributed by atoms with E-state index in [9.17, 15) is 9.59 Å². The van der Waals surface area contributed by atoms with Crippen molar-refractivity contribution in [2.45, 2.75) is 37.1 Å². The van der Waals surface area contributed by atoms with Gasteiger partial charge in [-0.05, 0) is 55.5 Å². The Hall–Kier alpha value is -3.23. The van der Waals surface area contributed by atoms with E-state index in [-0.39, 0.29) is 11.1 Å². The zero-order valence-electron chi connectivity index (χ0n) is 17.9. The molecule has 0 spiro atoms. The summed E-state index contributed by atoms with van der Waals surface area (Å²) in [5.74, 6) is 0.962. The van der Waals surface area contributed by atoms with Crippen molar-refractivity contribution >= 4 is 44.2 Å². The van der Waals surface area contributed by atoms with Crippen molar-refractivity contribution in [1.29, 1.82) is 0 Å². The van der Waals surface area contributed by atoms with E-state index in [4.69, 9.17) is 4.98 Å². The van der Waals surface area contributed by atoms with Crippen molar-refractivity contribution in [3.05, 3.63) is 91.1 Å². The number of hydrogen-bond acceptors (Lipinski definition) is 6. The molecule has 6 rings (SSSR count). The van der Waals surface area contributed by atoms with Gasteiger partial charge < -0.3 is 4.98 Å². The molecule has 5 aromatic rings. The van der Waals surface area contributed by atoms with Crippen molar-refractivity contribution in [3.63, 3.8) is 0 Å². The highest BCUT2D eigenvalue weighted by Crippen LogP contribution is 2.36. The summed E-state index contributed by atoms with van der Waals surface area (Å²) in [6, 6.07) is 15.2. The van der Waals surface area contributed by atoms with Gasteiger partial charge in [-0.15, -0.1) is 11.3 Å². The largest absolute Gasteiger partial charge is 0.309 e. The number of rotatable bonds is 4. The molecule has 3 aromatic heterocycles. The molecule has 0 fully saturated rings. The molecular weight excluding hydrogens is 452 g/mol. The van der Waals surface area contributed by atoms with Crippen molar-refractivity contribution < 1.29 is 0 Å². The Kier molecular flexibility index (Phi) is 4.92. The average Bonchev–Trinajstić information content (AvgIpc) is 3.40. The normalized spacial score (nSPS) is 13.1. The zero-order chi connectivity index (χ0) is 22.5. The van der Waals surface area contributed by atoms with Crippen LogP contribution in [0.3, 0.4) is 0 Å². The van der Waals surface area contributed by atoms with E-state index in [2.05, 4.69) is 9.97 Å². The van der Waals surface area contributed by atoms with Crippen molar-refractivity contribution in [2.75, 3.05) is 0 Å². The predicted octanol–water partition coefficient (Wildman–Crippen LogP) is 4.77. The van der Waals surface area contributed by atoms with Gasteiger partial charge in [0.25, 0.3) is 11.1 Å². The zero-order valence-corrected chi connectivity index (χ0v) is 19.6. The molecule has 0 amide bonds. The minimum Gasteiger partial charge on any atom is -0.309 e. The second kappa shape index (κ2) is 7.97. The minimum absolute atomic E-state index is 0.0242. The van der Waals surface area contributed by atoms with Crippen LogP contribution in [-0.4, -0.2) is 19.5 Å². The molecule has 6 nitrogen and oxygen atoms in total. The topological polar surface area (TPSA) is 80.6 Å². The molecule has 8 heteroatoms.